The first-order chi connectivity index (χ1) is 5.77. The molecule has 66 valence electrons. The quantitative estimate of drug-likeness (QED) is 0.667. The lowest BCUT2D eigenvalue weighted by Crippen LogP contribution is -1.94. The van der Waals surface area contributed by atoms with E-state index in [9.17, 15) is 0 Å². The first-order valence-electron chi connectivity index (χ1n) is 4.33. The van der Waals surface area contributed by atoms with Gasteiger partial charge in [-0.3, -0.25) is 0 Å². The van der Waals surface area contributed by atoms with Crippen LogP contribution in [0.1, 0.15) is 34.5 Å². The van der Waals surface area contributed by atoms with Gasteiger partial charge in [-0.2, -0.15) is 0 Å². The smallest absolute Gasteiger partial charge is 0.122 e. The lowest BCUT2D eigenvalue weighted by molar-refractivity contribution is 0.111. The number of hydrogen-bond acceptors (Lipinski definition) is 3. The maximum Gasteiger partial charge on any atom is 0.122 e. The van der Waals surface area contributed by atoms with Crippen LogP contribution in [0.4, 0.5) is 0 Å². The van der Waals surface area contributed by atoms with Crippen molar-refractivity contribution in [3.63, 3.8) is 0 Å². The molecule has 2 heterocycles. The van der Waals surface area contributed by atoms with E-state index in [2.05, 4.69) is 18.8 Å². The molecule has 0 spiro atoms. The second-order valence-electron chi connectivity index (χ2n) is 3.20. The Hall–Kier alpha value is -0.410. The number of hydrogen-bond donors (Lipinski definition) is 0. The summed E-state index contributed by atoms with van der Waals surface area (Å²) < 4.78 is 5.56. The Morgan fingerprint density at radius 1 is 1.50 bits per heavy atom. The van der Waals surface area contributed by atoms with Crippen molar-refractivity contribution in [3.8, 4) is 0 Å². The Kier molecular flexibility index (Phi) is 2.15. The van der Waals surface area contributed by atoms with Gasteiger partial charge in [-0.25, -0.2) is 4.98 Å². The van der Waals surface area contributed by atoms with Crippen molar-refractivity contribution in [2.45, 2.75) is 32.8 Å². The highest BCUT2D eigenvalue weighted by Gasteiger charge is 2.21. The van der Waals surface area contributed by atoms with Crippen molar-refractivity contribution in [1.29, 1.82) is 0 Å². The van der Waals surface area contributed by atoms with Crippen molar-refractivity contribution >= 4 is 11.3 Å². The fraction of sp³-hybridized carbons (Fsp3) is 0.667. The molecule has 0 aromatic carbocycles. The highest BCUT2D eigenvalue weighted by Crippen LogP contribution is 2.32. The molecule has 1 aromatic heterocycles. The van der Waals surface area contributed by atoms with Gasteiger partial charge in [-0.1, -0.05) is 0 Å². The van der Waals surface area contributed by atoms with Crippen LogP contribution >= 0.6 is 11.3 Å². The zero-order valence-electron chi connectivity index (χ0n) is 7.46. The van der Waals surface area contributed by atoms with Gasteiger partial charge in [-0.15, -0.1) is 11.3 Å². The average Bonchev–Trinajstić information content (AvgIpc) is 2.61. The number of rotatable bonds is 1. The summed E-state index contributed by atoms with van der Waals surface area (Å²) in [5, 5.41) is 1.17. The van der Waals surface area contributed by atoms with Crippen LogP contribution in [0.25, 0.3) is 0 Å². The van der Waals surface area contributed by atoms with E-state index in [0.29, 0.717) is 6.10 Å². The largest absolute Gasteiger partial charge is 0.371 e. The summed E-state index contributed by atoms with van der Waals surface area (Å²) in [6.07, 6.45) is 2.62. The third kappa shape index (κ3) is 1.39. The molecule has 3 heteroatoms. The van der Waals surface area contributed by atoms with Gasteiger partial charge < -0.3 is 4.74 Å². The second-order valence-corrected chi connectivity index (χ2v) is 4.43. The van der Waals surface area contributed by atoms with Gasteiger partial charge in [0.25, 0.3) is 0 Å². The summed E-state index contributed by atoms with van der Waals surface area (Å²) in [7, 11) is 0. The molecule has 1 aromatic rings. The number of ether oxygens (including phenoxy) is 1. The Balaban J connectivity index is 2.21. The third-order valence-electron chi connectivity index (χ3n) is 2.25. The standard InChI is InChI=1S/C9H13NOS/c1-6-7(2)12-9(10-6)8-4-3-5-11-8/h8H,3-5H2,1-2H3/t8-/m1/s1. The summed E-state index contributed by atoms with van der Waals surface area (Å²) in [6.45, 7) is 5.08. The topological polar surface area (TPSA) is 22.1 Å². The minimum Gasteiger partial charge on any atom is -0.371 e. The van der Waals surface area contributed by atoms with Crippen molar-refractivity contribution in [3.05, 3.63) is 15.6 Å². The summed E-state index contributed by atoms with van der Waals surface area (Å²) in [4.78, 5) is 5.81. The fourth-order valence-corrected chi connectivity index (χ4v) is 2.41. The zero-order chi connectivity index (χ0) is 8.55. The SMILES string of the molecule is Cc1nc([C@H]2CCCO2)sc1C. The Morgan fingerprint density at radius 2 is 2.33 bits per heavy atom. The Labute approximate surface area is 76.6 Å². The van der Waals surface area contributed by atoms with E-state index in [1.165, 1.54) is 16.3 Å². The average molecular weight is 183 g/mol. The van der Waals surface area contributed by atoms with Crippen molar-refractivity contribution in [2.24, 2.45) is 0 Å². The van der Waals surface area contributed by atoms with Crippen LogP contribution in [0.5, 0.6) is 0 Å². The molecule has 0 bridgehead atoms. The molecule has 12 heavy (non-hydrogen) atoms. The van der Waals surface area contributed by atoms with Crippen molar-refractivity contribution in [2.75, 3.05) is 6.61 Å². The lowest BCUT2D eigenvalue weighted by atomic mass is 10.2. The molecular weight excluding hydrogens is 170 g/mol. The van der Waals surface area contributed by atoms with E-state index >= 15 is 0 Å². The third-order valence-corrected chi connectivity index (χ3v) is 3.42. The highest BCUT2D eigenvalue weighted by molar-refractivity contribution is 7.11. The fourth-order valence-electron chi connectivity index (χ4n) is 1.41. The maximum atomic E-state index is 5.56. The van der Waals surface area contributed by atoms with Crippen LogP contribution in [0.3, 0.4) is 0 Å². The second kappa shape index (κ2) is 3.15. The molecule has 2 rings (SSSR count). The molecule has 2 nitrogen and oxygen atoms in total. The molecule has 0 unspecified atom stereocenters. The highest BCUT2D eigenvalue weighted by atomic mass is 32.1. The van der Waals surface area contributed by atoms with Gasteiger partial charge in [0.1, 0.15) is 11.1 Å². The minimum absolute atomic E-state index is 0.294. The number of nitrogens with zero attached hydrogens (tertiary/aromatic N) is 1. The number of thiazole rings is 1. The van der Waals surface area contributed by atoms with Crippen LogP contribution in [0, 0.1) is 13.8 Å². The van der Waals surface area contributed by atoms with Gasteiger partial charge in [0.15, 0.2) is 0 Å². The Bertz CT molecular complexity index is 257. The molecule has 0 N–H and O–H groups in total. The molecule has 0 amide bonds. The molecule has 0 radical (unpaired) electrons. The normalized spacial score (nSPS) is 23.3. The van der Waals surface area contributed by atoms with Crippen LogP contribution in [-0.2, 0) is 4.74 Å². The molecular formula is C9H13NOS. The lowest BCUT2D eigenvalue weighted by Gasteiger charge is -2.02. The predicted molar refractivity (Wildman–Crippen MR) is 49.5 cm³/mol. The van der Waals surface area contributed by atoms with Crippen LogP contribution < -0.4 is 0 Å². The van der Waals surface area contributed by atoms with Gasteiger partial charge in [0, 0.05) is 11.5 Å². The van der Waals surface area contributed by atoms with Crippen LogP contribution in [0.15, 0.2) is 0 Å². The van der Waals surface area contributed by atoms with Gasteiger partial charge in [-0.05, 0) is 26.7 Å². The van der Waals surface area contributed by atoms with Crippen LogP contribution in [0.2, 0.25) is 0 Å². The van der Waals surface area contributed by atoms with Gasteiger partial charge >= 0.3 is 0 Å². The van der Waals surface area contributed by atoms with E-state index in [1.54, 1.807) is 11.3 Å². The van der Waals surface area contributed by atoms with E-state index < -0.39 is 0 Å². The summed E-state index contributed by atoms with van der Waals surface area (Å²) in [5.74, 6) is 0. The summed E-state index contributed by atoms with van der Waals surface area (Å²) in [5.41, 5.74) is 1.16. The predicted octanol–water partition coefficient (Wildman–Crippen LogP) is 2.61. The molecule has 1 aliphatic rings. The van der Waals surface area contributed by atoms with Gasteiger partial charge in [0.2, 0.25) is 0 Å². The van der Waals surface area contributed by atoms with E-state index in [-0.39, 0.29) is 0 Å². The van der Waals surface area contributed by atoms with E-state index in [4.69, 9.17) is 4.74 Å². The molecule has 1 aliphatic heterocycles. The van der Waals surface area contributed by atoms with Crippen LogP contribution in [-0.4, -0.2) is 11.6 Å². The molecule has 1 atom stereocenters. The maximum absolute atomic E-state index is 5.56. The first kappa shape index (κ1) is 8.20. The van der Waals surface area contributed by atoms with Crippen molar-refractivity contribution < 1.29 is 4.74 Å². The van der Waals surface area contributed by atoms with E-state index in [0.717, 1.165) is 18.7 Å². The number of aryl methyl sites for hydroxylation is 2. The summed E-state index contributed by atoms with van der Waals surface area (Å²) in [6, 6.07) is 0. The minimum atomic E-state index is 0.294. The van der Waals surface area contributed by atoms with Crippen molar-refractivity contribution in [1.82, 2.24) is 4.98 Å². The monoisotopic (exact) mass is 183 g/mol. The van der Waals surface area contributed by atoms with E-state index in [1.807, 2.05) is 0 Å². The van der Waals surface area contributed by atoms with Gasteiger partial charge in [0.05, 0.1) is 5.69 Å². The molecule has 0 saturated carbocycles. The molecule has 1 fully saturated rings. The Morgan fingerprint density at radius 3 is 2.83 bits per heavy atom. The number of aromatic nitrogens is 1. The zero-order valence-corrected chi connectivity index (χ0v) is 8.28. The molecule has 0 aliphatic carbocycles. The summed E-state index contributed by atoms with van der Waals surface area (Å²) >= 11 is 1.78. The first-order valence-corrected chi connectivity index (χ1v) is 5.14. The molecule has 1 saturated heterocycles.